The Kier molecular flexibility index (Phi) is 3.58. The lowest BCUT2D eigenvalue weighted by Crippen LogP contribution is -2.13. The van der Waals surface area contributed by atoms with E-state index in [2.05, 4.69) is 0 Å². The smallest absolute Gasteiger partial charge is 0.124 e. The molecule has 1 fully saturated rings. The van der Waals surface area contributed by atoms with E-state index in [4.69, 9.17) is 5.73 Å². The predicted octanol–water partition coefficient (Wildman–Crippen LogP) is 2.67. The topological polar surface area (TPSA) is 46.2 Å². The van der Waals surface area contributed by atoms with Gasteiger partial charge in [-0.3, -0.25) is 0 Å². The minimum absolute atomic E-state index is 0. The SMILES string of the molecule is Cc1cc(F)cc([C@H](N)C2CC2)c1O.Cl. The summed E-state index contributed by atoms with van der Waals surface area (Å²) in [6.45, 7) is 1.68. The molecular formula is C11H15ClFNO. The Morgan fingerprint density at radius 3 is 2.60 bits per heavy atom. The third-order valence-corrected chi connectivity index (χ3v) is 2.78. The summed E-state index contributed by atoms with van der Waals surface area (Å²) in [5.41, 5.74) is 7.01. The molecule has 3 N–H and O–H groups in total. The fraction of sp³-hybridized carbons (Fsp3) is 0.455. The van der Waals surface area contributed by atoms with E-state index in [1.165, 1.54) is 12.1 Å². The van der Waals surface area contributed by atoms with Crippen molar-refractivity contribution < 1.29 is 9.50 Å². The number of aryl methyl sites for hydroxylation is 1. The summed E-state index contributed by atoms with van der Waals surface area (Å²) in [6.07, 6.45) is 2.16. The number of phenolic OH excluding ortho intramolecular Hbond substituents is 1. The lowest BCUT2D eigenvalue weighted by molar-refractivity contribution is 0.448. The van der Waals surface area contributed by atoms with Gasteiger partial charge in [0.1, 0.15) is 11.6 Å². The second kappa shape index (κ2) is 4.37. The van der Waals surface area contributed by atoms with Crippen LogP contribution in [0.5, 0.6) is 5.75 Å². The van der Waals surface area contributed by atoms with E-state index in [1.54, 1.807) is 6.92 Å². The van der Waals surface area contributed by atoms with Gasteiger partial charge in [0.2, 0.25) is 0 Å². The molecule has 0 amide bonds. The van der Waals surface area contributed by atoms with Gasteiger partial charge in [-0.15, -0.1) is 12.4 Å². The molecule has 84 valence electrons. The zero-order chi connectivity index (χ0) is 10.3. The molecule has 0 bridgehead atoms. The maximum Gasteiger partial charge on any atom is 0.124 e. The van der Waals surface area contributed by atoms with Crippen LogP contribution in [0.15, 0.2) is 12.1 Å². The molecule has 0 saturated heterocycles. The summed E-state index contributed by atoms with van der Waals surface area (Å²) in [4.78, 5) is 0. The van der Waals surface area contributed by atoms with Gasteiger partial charge in [0.25, 0.3) is 0 Å². The van der Waals surface area contributed by atoms with Gasteiger partial charge in [-0.1, -0.05) is 0 Å². The second-order valence-corrected chi connectivity index (χ2v) is 4.02. The van der Waals surface area contributed by atoms with E-state index in [1.807, 2.05) is 0 Å². The van der Waals surface area contributed by atoms with Gasteiger partial charge in [0.15, 0.2) is 0 Å². The van der Waals surface area contributed by atoms with E-state index in [0.29, 0.717) is 17.0 Å². The van der Waals surface area contributed by atoms with Crippen molar-refractivity contribution in [3.8, 4) is 5.75 Å². The summed E-state index contributed by atoms with van der Waals surface area (Å²) in [5, 5.41) is 9.72. The molecule has 1 aliphatic rings. The quantitative estimate of drug-likeness (QED) is 0.822. The van der Waals surface area contributed by atoms with Gasteiger partial charge in [-0.25, -0.2) is 4.39 Å². The fourth-order valence-corrected chi connectivity index (χ4v) is 1.72. The van der Waals surface area contributed by atoms with Crippen molar-refractivity contribution in [2.24, 2.45) is 11.7 Å². The van der Waals surface area contributed by atoms with Crippen LogP contribution in [-0.4, -0.2) is 5.11 Å². The van der Waals surface area contributed by atoms with Crippen LogP contribution < -0.4 is 5.73 Å². The number of phenols is 1. The van der Waals surface area contributed by atoms with E-state index in [9.17, 15) is 9.50 Å². The molecule has 1 aliphatic carbocycles. The minimum Gasteiger partial charge on any atom is -0.507 e. The highest BCUT2D eigenvalue weighted by molar-refractivity contribution is 5.85. The van der Waals surface area contributed by atoms with Crippen molar-refractivity contribution in [2.45, 2.75) is 25.8 Å². The highest BCUT2D eigenvalue weighted by Gasteiger charge is 2.31. The largest absolute Gasteiger partial charge is 0.507 e. The van der Waals surface area contributed by atoms with Crippen LogP contribution in [0.2, 0.25) is 0 Å². The number of aromatic hydroxyl groups is 1. The van der Waals surface area contributed by atoms with Gasteiger partial charge >= 0.3 is 0 Å². The molecule has 4 heteroatoms. The van der Waals surface area contributed by atoms with E-state index >= 15 is 0 Å². The van der Waals surface area contributed by atoms with Crippen LogP contribution in [0, 0.1) is 18.7 Å². The number of nitrogens with two attached hydrogens (primary N) is 1. The number of rotatable bonds is 2. The summed E-state index contributed by atoms with van der Waals surface area (Å²) < 4.78 is 13.1. The van der Waals surface area contributed by atoms with Crippen LogP contribution >= 0.6 is 12.4 Å². The fourth-order valence-electron chi connectivity index (χ4n) is 1.72. The van der Waals surface area contributed by atoms with E-state index < -0.39 is 0 Å². The second-order valence-electron chi connectivity index (χ2n) is 4.02. The number of benzene rings is 1. The Hall–Kier alpha value is -0.800. The molecule has 1 aromatic rings. The van der Waals surface area contributed by atoms with Crippen LogP contribution in [0.1, 0.15) is 30.0 Å². The molecule has 0 heterocycles. The van der Waals surface area contributed by atoms with Crippen molar-refractivity contribution in [1.29, 1.82) is 0 Å². The number of halogens is 2. The summed E-state index contributed by atoms with van der Waals surface area (Å²) >= 11 is 0. The third-order valence-electron chi connectivity index (χ3n) is 2.78. The van der Waals surface area contributed by atoms with Crippen LogP contribution in [0.25, 0.3) is 0 Å². The highest BCUT2D eigenvalue weighted by atomic mass is 35.5. The summed E-state index contributed by atoms with van der Waals surface area (Å²) in [6, 6.07) is 2.44. The van der Waals surface area contributed by atoms with Gasteiger partial charge in [-0.2, -0.15) is 0 Å². The van der Waals surface area contributed by atoms with Crippen LogP contribution in [-0.2, 0) is 0 Å². The average molecular weight is 232 g/mol. The Morgan fingerprint density at radius 2 is 2.07 bits per heavy atom. The first-order chi connectivity index (χ1) is 6.59. The Morgan fingerprint density at radius 1 is 1.47 bits per heavy atom. The highest BCUT2D eigenvalue weighted by Crippen LogP contribution is 2.42. The monoisotopic (exact) mass is 231 g/mol. The van der Waals surface area contributed by atoms with Gasteiger partial charge < -0.3 is 10.8 Å². The normalized spacial score (nSPS) is 17.0. The van der Waals surface area contributed by atoms with Crippen molar-refractivity contribution in [3.05, 3.63) is 29.1 Å². The third kappa shape index (κ3) is 2.41. The molecule has 0 aliphatic heterocycles. The molecule has 1 aromatic carbocycles. The molecule has 1 saturated carbocycles. The number of hydrogen-bond donors (Lipinski definition) is 2. The van der Waals surface area contributed by atoms with Gasteiger partial charge in [-0.05, 0) is 43.4 Å². The maximum absolute atomic E-state index is 13.1. The Bertz CT molecular complexity index is 366. The average Bonchev–Trinajstić information content (AvgIpc) is 2.93. The molecule has 2 nitrogen and oxygen atoms in total. The Labute approximate surface area is 94.7 Å². The molecule has 2 rings (SSSR count). The first-order valence-corrected chi connectivity index (χ1v) is 4.84. The molecule has 15 heavy (non-hydrogen) atoms. The van der Waals surface area contributed by atoms with E-state index in [-0.39, 0.29) is 30.0 Å². The maximum atomic E-state index is 13.1. The minimum atomic E-state index is -0.327. The van der Waals surface area contributed by atoms with Crippen LogP contribution in [0.4, 0.5) is 4.39 Å². The first-order valence-electron chi connectivity index (χ1n) is 4.84. The first kappa shape index (κ1) is 12.3. The molecule has 0 radical (unpaired) electrons. The molecule has 1 atom stereocenters. The molecule has 0 aromatic heterocycles. The zero-order valence-corrected chi connectivity index (χ0v) is 9.35. The number of hydrogen-bond acceptors (Lipinski definition) is 2. The Balaban J connectivity index is 0.00000112. The zero-order valence-electron chi connectivity index (χ0n) is 8.53. The molecule has 0 unspecified atom stereocenters. The summed E-state index contributed by atoms with van der Waals surface area (Å²) in [5.74, 6) is 0.235. The lowest BCUT2D eigenvalue weighted by atomic mass is 9.99. The van der Waals surface area contributed by atoms with Crippen molar-refractivity contribution >= 4 is 12.4 Å². The van der Waals surface area contributed by atoms with Crippen LogP contribution in [0.3, 0.4) is 0 Å². The molecule has 0 spiro atoms. The van der Waals surface area contributed by atoms with E-state index in [0.717, 1.165) is 12.8 Å². The van der Waals surface area contributed by atoms with Crippen molar-refractivity contribution in [3.63, 3.8) is 0 Å². The lowest BCUT2D eigenvalue weighted by Gasteiger charge is -2.14. The predicted molar refractivity (Wildman–Crippen MR) is 59.7 cm³/mol. The molecular weight excluding hydrogens is 217 g/mol. The standard InChI is InChI=1S/C11H14FNO.ClH/c1-6-4-8(12)5-9(11(6)14)10(13)7-2-3-7;/h4-5,7,10,14H,2-3,13H2,1H3;1H/t10-;/m1./s1. The van der Waals surface area contributed by atoms with Gasteiger partial charge in [0, 0.05) is 11.6 Å². The van der Waals surface area contributed by atoms with Crippen molar-refractivity contribution in [1.82, 2.24) is 0 Å². The van der Waals surface area contributed by atoms with Crippen molar-refractivity contribution in [2.75, 3.05) is 0 Å². The summed E-state index contributed by atoms with van der Waals surface area (Å²) in [7, 11) is 0. The van der Waals surface area contributed by atoms with Gasteiger partial charge in [0.05, 0.1) is 0 Å².